The third-order valence-electron chi connectivity index (χ3n) is 2.27. The van der Waals surface area contributed by atoms with Crippen LogP contribution in [-0.2, 0) is 0 Å². The van der Waals surface area contributed by atoms with Gasteiger partial charge in [-0.15, -0.1) is 0 Å². The van der Waals surface area contributed by atoms with Gasteiger partial charge in [0.2, 0.25) is 0 Å². The van der Waals surface area contributed by atoms with Gasteiger partial charge in [0.05, 0.1) is 0 Å². The predicted molar refractivity (Wildman–Crippen MR) is 31.9 cm³/mol. The van der Waals surface area contributed by atoms with Gasteiger partial charge in [0, 0.05) is 0 Å². The third-order valence-corrected chi connectivity index (χ3v) is 2.27. The fourth-order valence-electron chi connectivity index (χ4n) is 1.20. The van der Waals surface area contributed by atoms with E-state index in [-0.39, 0.29) is 0 Å². The lowest BCUT2D eigenvalue weighted by molar-refractivity contribution is 0.264. The van der Waals surface area contributed by atoms with Crippen LogP contribution in [0, 0.1) is 17.8 Å². The van der Waals surface area contributed by atoms with Crippen molar-refractivity contribution >= 4 is 0 Å². The second-order valence-electron chi connectivity index (χ2n) is 2.82. The van der Waals surface area contributed by atoms with E-state index >= 15 is 0 Å². The summed E-state index contributed by atoms with van der Waals surface area (Å²) >= 11 is 0. The highest BCUT2D eigenvalue weighted by Crippen LogP contribution is 2.40. The Hall–Kier alpha value is 0. The molecule has 0 aromatic carbocycles. The highest BCUT2D eigenvalue weighted by atomic mass is 14.3. The lowest BCUT2D eigenvalue weighted by Gasteiger charge is -2.52. The topological polar surface area (TPSA) is 0 Å². The van der Waals surface area contributed by atoms with Crippen molar-refractivity contribution in [3.8, 4) is 0 Å². The van der Waals surface area contributed by atoms with E-state index < -0.39 is 0 Å². The Labute approximate surface area is 45.9 Å². The Balaban J connectivity index is 2.29. The van der Waals surface area contributed by atoms with Gasteiger partial charge in [-0.2, -0.15) is 19.3 Å². The number of rotatable bonds is 0. The molecule has 0 spiro atoms. The number of hydrogen-bond donors (Lipinski definition) is 0. The van der Waals surface area contributed by atoms with Crippen LogP contribution in [0.25, 0.3) is 0 Å². The Morgan fingerprint density at radius 2 is 2.00 bits per heavy atom. The lowest BCUT2D eigenvalue weighted by atomic mass is 9.68. The molecule has 1 aliphatic rings. The molecule has 7 heavy (non-hydrogen) atoms. The first-order valence-electron chi connectivity index (χ1n) is 3.04. The van der Waals surface area contributed by atoms with E-state index in [9.17, 15) is 0 Å². The van der Waals surface area contributed by atoms with Crippen LogP contribution in [0.4, 0.5) is 0 Å². The third kappa shape index (κ3) is 0.667. The number of hydrogen-bond acceptors (Lipinski definition) is 0. The maximum absolute atomic E-state index is 2.32. The van der Waals surface area contributed by atoms with E-state index in [1.54, 1.807) is 5.92 Å². The summed E-state index contributed by atoms with van der Waals surface area (Å²) in [5, 5.41) is 0. The summed E-state index contributed by atoms with van der Waals surface area (Å²) in [6.07, 6.45) is 1.38. The van der Waals surface area contributed by atoms with Crippen LogP contribution in [0.3, 0.4) is 0 Å². The van der Waals surface area contributed by atoms with E-state index in [1.165, 1.54) is 6.42 Å². The zero-order valence-electron chi connectivity index (χ0n) is 5.36. The molecule has 1 rings (SSSR count). The second-order valence-corrected chi connectivity index (χ2v) is 2.82. The van der Waals surface area contributed by atoms with Gasteiger partial charge in [-0.25, -0.2) is 0 Å². The first-order chi connectivity index (χ1) is 3.22. The fraction of sp³-hybridized carbons (Fsp3) is 0.857. The van der Waals surface area contributed by atoms with Crippen molar-refractivity contribution in [3.63, 3.8) is 0 Å². The molecule has 0 saturated heterocycles. The molecule has 0 aromatic heterocycles. The van der Waals surface area contributed by atoms with Gasteiger partial charge in [-0.05, 0) is 0 Å². The molecule has 1 saturated carbocycles. The molecular formula is C7H13-. The molecule has 1 aliphatic carbocycles. The first kappa shape index (κ1) is 5.14. The minimum Gasteiger partial charge on any atom is -0.314 e. The van der Waals surface area contributed by atoms with Crippen molar-refractivity contribution in [3.05, 3.63) is 5.92 Å². The van der Waals surface area contributed by atoms with Gasteiger partial charge in [0.1, 0.15) is 0 Å². The van der Waals surface area contributed by atoms with Crippen LogP contribution < -0.4 is 0 Å². The predicted octanol–water partition coefficient (Wildman–Crippen LogP) is 2.26. The lowest BCUT2D eigenvalue weighted by Crippen LogP contribution is -2.27. The average molecular weight is 97.2 g/mol. The van der Waals surface area contributed by atoms with E-state index in [2.05, 4.69) is 20.8 Å². The van der Waals surface area contributed by atoms with Crippen molar-refractivity contribution in [1.29, 1.82) is 0 Å². The summed E-state index contributed by atoms with van der Waals surface area (Å²) in [6.45, 7) is 6.88. The summed E-state index contributed by atoms with van der Waals surface area (Å²) in [5.41, 5.74) is 0. The van der Waals surface area contributed by atoms with Crippen molar-refractivity contribution in [2.24, 2.45) is 11.8 Å². The highest BCUT2D eigenvalue weighted by Gasteiger charge is 2.16. The van der Waals surface area contributed by atoms with Crippen LogP contribution in [0.1, 0.15) is 27.2 Å². The Morgan fingerprint density at radius 3 is 2.00 bits per heavy atom. The molecule has 0 N–H and O–H groups in total. The zero-order chi connectivity index (χ0) is 5.44. The van der Waals surface area contributed by atoms with E-state index in [1.807, 2.05) is 0 Å². The smallest absolute Gasteiger partial charge is 0.0671 e. The average Bonchev–Trinajstić information content (AvgIpc) is 1.68. The molecule has 0 heteroatoms. The molecule has 1 fully saturated rings. The van der Waals surface area contributed by atoms with Crippen LogP contribution >= 0.6 is 0 Å². The van der Waals surface area contributed by atoms with Gasteiger partial charge >= 0.3 is 0 Å². The molecule has 0 aromatic rings. The minimum atomic E-state index is 0.917. The molecule has 0 bridgehead atoms. The first-order valence-corrected chi connectivity index (χ1v) is 3.04. The van der Waals surface area contributed by atoms with Crippen molar-refractivity contribution in [2.75, 3.05) is 0 Å². The van der Waals surface area contributed by atoms with Gasteiger partial charge in [-0.1, -0.05) is 19.8 Å². The summed E-state index contributed by atoms with van der Waals surface area (Å²) in [6, 6.07) is 0. The van der Waals surface area contributed by atoms with Gasteiger partial charge in [0.15, 0.2) is 0 Å². The van der Waals surface area contributed by atoms with Crippen molar-refractivity contribution in [2.45, 2.75) is 27.2 Å². The molecular weight excluding hydrogens is 84.1 g/mol. The standard InChI is InChI=1S/C7H13/c1-5-4-6(2)7(5)3/h5,7H,4H2,1-3H3/q-1. The van der Waals surface area contributed by atoms with Crippen LogP contribution in [0.15, 0.2) is 0 Å². The molecule has 0 aliphatic heterocycles. The Bertz CT molecular complexity index is 58.4. The Kier molecular flexibility index (Phi) is 1.10. The van der Waals surface area contributed by atoms with Crippen LogP contribution in [-0.4, -0.2) is 0 Å². The van der Waals surface area contributed by atoms with Gasteiger partial charge in [0.25, 0.3) is 0 Å². The highest BCUT2D eigenvalue weighted by molar-refractivity contribution is 5.03. The maximum Gasteiger partial charge on any atom is -0.0671 e. The zero-order valence-corrected chi connectivity index (χ0v) is 5.36. The molecule has 2 unspecified atom stereocenters. The molecule has 2 atom stereocenters. The normalized spacial score (nSPS) is 43.3. The van der Waals surface area contributed by atoms with Gasteiger partial charge in [-0.3, -0.25) is 0 Å². The molecule has 0 nitrogen and oxygen atoms in total. The largest absolute Gasteiger partial charge is 0.314 e. The van der Waals surface area contributed by atoms with Crippen LogP contribution in [0.2, 0.25) is 0 Å². The van der Waals surface area contributed by atoms with Crippen molar-refractivity contribution < 1.29 is 0 Å². The van der Waals surface area contributed by atoms with E-state index in [0.29, 0.717) is 0 Å². The van der Waals surface area contributed by atoms with E-state index in [0.717, 1.165) is 11.8 Å². The summed E-state index contributed by atoms with van der Waals surface area (Å²) in [7, 11) is 0. The summed E-state index contributed by atoms with van der Waals surface area (Å²) in [5.74, 6) is 3.58. The molecule has 0 radical (unpaired) electrons. The molecule has 0 heterocycles. The SMILES string of the molecule is C[C-]1CC(C)C1C. The molecule has 0 amide bonds. The van der Waals surface area contributed by atoms with Crippen LogP contribution in [0.5, 0.6) is 0 Å². The Morgan fingerprint density at radius 1 is 1.43 bits per heavy atom. The fourth-order valence-corrected chi connectivity index (χ4v) is 1.20. The molecule has 42 valence electrons. The minimum absolute atomic E-state index is 0.917. The summed E-state index contributed by atoms with van der Waals surface area (Å²) in [4.78, 5) is 0. The maximum atomic E-state index is 2.32. The van der Waals surface area contributed by atoms with E-state index in [4.69, 9.17) is 0 Å². The van der Waals surface area contributed by atoms with Crippen molar-refractivity contribution in [1.82, 2.24) is 0 Å². The monoisotopic (exact) mass is 97.1 g/mol. The van der Waals surface area contributed by atoms with Gasteiger partial charge < -0.3 is 5.92 Å². The quantitative estimate of drug-likeness (QED) is 0.407. The second kappa shape index (κ2) is 1.50. The summed E-state index contributed by atoms with van der Waals surface area (Å²) < 4.78 is 0.